The van der Waals surface area contributed by atoms with Crippen molar-refractivity contribution in [3.8, 4) is 0 Å². The highest BCUT2D eigenvalue weighted by Crippen LogP contribution is 2.33. The molecular formula is C20H22F3N3O3. The van der Waals surface area contributed by atoms with Crippen LogP contribution in [0, 0.1) is 10.1 Å². The number of hydrogen-bond donors (Lipinski definition) is 2. The van der Waals surface area contributed by atoms with Crippen LogP contribution < -0.4 is 5.32 Å². The van der Waals surface area contributed by atoms with Gasteiger partial charge >= 0.3 is 6.18 Å². The van der Waals surface area contributed by atoms with Gasteiger partial charge in [-0.25, -0.2) is 0 Å². The van der Waals surface area contributed by atoms with E-state index in [1.165, 1.54) is 24.3 Å². The number of anilines is 1. The third-order valence-electron chi connectivity index (χ3n) is 5.05. The van der Waals surface area contributed by atoms with E-state index >= 15 is 0 Å². The number of nitro benzene ring substituents is 1. The Morgan fingerprint density at radius 1 is 1.21 bits per heavy atom. The first-order valence-corrected chi connectivity index (χ1v) is 9.30. The SMILES string of the molecule is O=[N+]([O-])c1cc(NC2CCCN(Cc3ccccc3C(F)(F)F)C2)ccc1CO. The summed E-state index contributed by atoms with van der Waals surface area (Å²) < 4.78 is 39.7. The lowest BCUT2D eigenvalue weighted by Gasteiger charge is -2.34. The van der Waals surface area contributed by atoms with Crippen LogP contribution in [0.1, 0.15) is 29.5 Å². The number of rotatable bonds is 6. The zero-order valence-corrected chi connectivity index (χ0v) is 15.7. The molecule has 1 aliphatic heterocycles. The molecule has 1 saturated heterocycles. The number of halogens is 3. The van der Waals surface area contributed by atoms with Crippen molar-refractivity contribution in [2.75, 3.05) is 18.4 Å². The first-order chi connectivity index (χ1) is 13.8. The van der Waals surface area contributed by atoms with Gasteiger partial charge < -0.3 is 10.4 Å². The highest BCUT2D eigenvalue weighted by atomic mass is 19.4. The van der Waals surface area contributed by atoms with E-state index in [4.69, 9.17) is 0 Å². The number of nitrogens with one attached hydrogen (secondary N) is 1. The molecule has 0 spiro atoms. The number of aliphatic hydroxyl groups is 1. The molecule has 1 atom stereocenters. The topological polar surface area (TPSA) is 78.6 Å². The van der Waals surface area contributed by atoms with E-state index in [2.05, 4.69) is 5.32 Å². The molecule has 0 amide bonds. The summed E-state index contributed by atoms with van der Waals surface area (Å²) in [6.07, 6.45) is -2.77. The van der Waals surface area contributed by atoms with Gasteiger partial charge in [0.25, 0.3) is 5.69 Å². The molecular weight excluding hydrogens is 387 g/mol. The zero-order valence-electron chi connectivity index (χ0n) is 15.7. The summed E-state index contributed by atoms with van der Waals surface area (Å²) in [7, 11) is 0. The minimum atomic E-state index is -4.39. The van der Waals surface area contributed by atoms with Crippen LogP contribution in [0.3, 0.4) is 0 Å². The molecule has 2 aromatic carbocycles. The lowest BCUT2D eigenvalue weighted by atomic mass is 10.0. The number of hydrogen-bond acceptors (Lipinski definition) is 5. The van der Waals surface area contributed by atoms with Gasteiger partial charge in [0, 0.05) is 30.9 Å². The fourth-order valence-electron chi connectivity index (χ4n) is 3.69. The average Bonchev–Trinajstić information content (AvgIpc) is 2.68. The molecule has 0 radical (unpaired) electrons. The number of alkyl halides is 3. The Bertz CT molecular complexity index is 874. The molecule has 29 heavy (non-hydrogen) atoms. The van der Waals surface area contributed by atoms with E-state index in [0.717, 1.165) is 18.9 Å². The van der Waals surface area contributed by atoms with Crippen LogP contribution in [0.2, 0.25) is 0 Å². The molecule has 0 saturated carbocycles. The number of nitrogens with zero attached hydrogens (tertiary/aromatic N) is 2. The maximum atomic E-state index is 13.2. The zero-order chi connectivity index (χ0) is 21.0. The van der Waals surface area contributed by atoms with E-state index in [-0.39, 0.29) is 29.4 Å². The van der Waals surface area contributed by atoms with Gasteiger partial charge in [-0.1, -0.05) is 18.2 Å². The molecule has 9 heteroatoms. The largest absolute Gasteiger partial charge is 0.416 e. The number of aliphatic hydroxyl groups excluding tert-OH is 1. The Morgan fingerprint density at radius 2 is 1.97 bits per heavy atom. The second-order valence-electron chi connectivity index (χ2n) is 7.13. The fraction of sp³-hybridized carbons (Fsp3) is 0.400. The summed E-state index contributed by atoms with van der Waals surface area (Å²) in [5.74, 6) is 0. The van der Waals surface area contributed by atoms with Gasteiger partial charge in [-0.15, -0.1) is 0 Å². The highest BCUT2D eigenvalue weighted by molar-refractivity contribution is 5.55. The molecule has 0 aliphatic carbocycles. The molecule has 1 aliphatic rings. The minimum absolute atomic E-state index is 0.0404. The molecule has 0 aromatic heterocycles. The van der Waals surface area contributed by atoms with Gasteiger partial charge in [-0.05, 0) is 43.1 Å². The second kappa shape index (κ2) is 8.79. The van der Waals surface area contributed by atoms with Crippen molar-refractivity contribution in [3.05, 3.63) is 69.3 Å². The standard InChI is InChI=1S/C20H22F3N3O3/c21-20(22,23)18-6-2-1-4-14(18)11-25-9-3-5-17(12-25)24-16-8-7-15(13-27)19(10-16)26(28)29/h1-2,4,6-8,10,17,24,27H,3,5,9,11-13H2. The van der Waals surface area contributed by atoms with Gasteiger partial charge in [-0.3, -0.25) is 15.0 Å². The monoisotopic (exact) mass is 409 g/mol. The van der Waals surface area contributed by atoms with Crippen LogP contribution in [-0.2, 0) is 19.3 Å². The first kappa shape index (κ1) is 21.1. The third-order valence-corrected chi connectivity index (χ3v) is 5.05. The molecule has 2 aromatic rings. The predicted octanol–water partition coefficient (Wildman–Crippen LogP) is 4.18. The van der Waals surface area contributed by atoms with E-state index in [1.807, 2.05) is 4.90 Å². The Hall–Kier alpha value is -2.65. The van der Waals surface area contributed by atoms with E-state index in [0.29, 0.717) is 18.8 Å². The van der Waals surface area contributed by atoms with E-state index in [9.17, 15) is 28.4 Å². The number of piperidine rings is 1. The molecule has 3 rings (SSSR count). The quantitative estimate of drug-likeness (QED) is 0.553. The normalized spacial score (nSPS) is 17.9. The highest BCUT2D eigenvalue weighted by Gasteiger charge is 2.33. The van der Waals surface area contributed by atoms with Gasteiger partial charge in [0.05, 0.1) is 22.7 Å². The molecule has 1 fully saturated rings. The van der Waals surface area contributed by atoms with E-state index < -0.39 is 23.3 Å². The summed E-state index contributed by atoms with van der Waals surface area (Å²) in [4.78, 5) is 12.6. The van der Waals surface area contributed by atoms with Crippen molar-refractivity contribution < 1.29 is 23.2 Å². The first-order valence-electron chi connectivity index (χ1n) is 9.30. The van der Waals surface area contributed by atoms with Crippen molar-refractivity contribution in [1.82, 2.24) is 4.90 Å². The summed E-state index contributed by atoms with van der Waals surface area (Å²) >= 11 is 0. The molecule has 156 valence electrons. The summed E-state index contributed by atoms with van der Waals surface area (Å²) in [5, 5.41) is 23.6. The van der Waals surface area contributed by atoms with Gasteiger partial charge in [0.1, 0.15) is 0 Å². The van der Waals surface area contributed by atoms with E-state index in [1.54, 1.807) is 12.1 Å². The maximum Gasteiger partial charge on any atom is 0.416 e. The Kier molecular flexibility index (Phi) is 6.39. The van der Waals surface area contributed by atoms with Gasteiger partial charge in [0.2, 0.25) is 0 Å². The smallest absolute Gasteiger partial charge is 0.391 e. The molecule has 1 unspecified atom stereocenters. The van der Waals surface area contributed by atoms with Crippen LogP contribution in [-0.4, -0.2) is 34.1 Å². The van der Waals surface area contributed by atoms with Crippen molar-refractivity contribution in [2.24, 2.45) is 0 Å². The van der Waals surface area contributed by atoms with Crippen LogP contribution >= 0.6 is 0 Å². The van der Waals surface area contributed by atoms with Crippen LogP contribution in [0.5, 0.6) is 0 Å². The second-order valence-corrected chi connectivity index (χ2v) is 7.13. The summed E-state index contributed by atoms with van der Waals surface area (Å²) in [6.45, 7) is 0.986. The van der Waals surface area contributed by atoms with Crippen LogP contribution in [0.4, 0.5) is 24.5 Å². The molecule has 2 N–H and O–H groups in total. The number of nitro groups is 1. The minimum Gasteiger partial charge on any atom is -0.391 e. The maximum absolute atomic E-state index is 13.2. The lowest BCUT2D eigenvalue weighted by molar-refractivity contribution is -0.385. The lowest BCUT2D eigenvalue weighted by Crippen LogP contribution is -2.41. The predicted molar refractivity (Wildman–Crippen MR) is 102 cm³/mol. The number of likely N-dealkylation sites (tertiary alicyclic amines) is 1. The Labute approximate surface area is 166 Å². The average molecular weight is 409 g/mol. The van der Waals surface area contributed by atoms with Crippen molar-refractivity contribution in [1.29, 1.82) is 0 Å². The van der Waals surface area contributed by atoms with Crippen LogP contribution in [0.15, 0.2) is 42.5 Å². The Balaban J connectivity index is 1.69. The van der Waals surface area contributed by atoms with Gasteiger partial charge in [0.15, 0.2) is 0 Å². The molecule has 0 bridgehead atoms. The molecule has 6 nitrogen and oxygen atoms in total. The van der Waals surface area contributed by atoms with Crippen molar-refractivity contribution >= 4 is 11.4 Å². The van der Waals surface area contributed by atoms with Crippen molar-refractivity contribution in [3.63, 3.8) is 0 Å². The van der Waals surface area contributed by atoms with Crippen LogP contribution in [0.25, 0.3) is 0 Å². The third kappa shape index (κ3) is 5.24. The summed E-state index contributed by atoms with van der Waals surface area (Å²) in [6, 6.07) is 10.1. The summed E-state index contributed by atoms with van der Waals surface area (Å²) in [5.41, 5.74) is 0.240. The Morgan fingerprint density at radius 3 is 2.66 bits per heavy atom. The van der Waals surface area contributed by atoms with Crippen molar-refractivity contribution in [2.45, 2.75) is 38.2 Å². The molecule has 1 heterocycles. The number of benzene rings is 2. The fourth-order valence-corrected chi connectivity index (χ4v) is 3.69. The van der Waals surface area contributed by atoms with Gasteiger partial charge in [-0.2, -0.15) is 13.2 Å².